The minimum Gasteiger partial charge on any atom is -0.293 e. The largest absolute Gasteiger partial charge is 0.293 e. The van der Waals surface area contributed by atoms with Crippen LogP contribution in [0.4, 0.5) is 0 Å². The third-order valence-corrected chi connectivity index (χ3v) is 3.17. The van der Waals surface area contributed by atoms with Crippen molar-refractivity contribution < 1.29 is 0 Å². The zero-order chi connectivity index (χ0) is 9.26. The average molecular weight is 189 g/mol. The molecule has 0 amide bonds. The fourth-order valence-electron chi connectivity index (χ4n) is 1.38. The molecule has 0 saturated carbocycles. The van der Waals surface area contributed by atoms with Crippen LogP contribution < -0.4 is 0 Å². The standard InChI is InChI=1S/C11H11NS/c1-8(12-2)10-7-13-11-6-4-3-5-9(10)11/h3-7H,1-2H3. The van der Waals surface area contributed by atoms with Crippen molar-refractivity contribution in [2.45, 2.75) is 6.92 Å². The minimum atomic E-state index is 1.11. The first-order chi connectivity index (χ1) is 6.33. The van der Waals surface area contributed by atoms with E-state index >= 15 is 0 Å². The van der Waals surface area contributed by atoms with E-state index in [0.29, 0.717) is 0 Å². The molecular formula is C11H11NS. The molecule has 0 N–H and O–H groups in total. The van der Waals surface area contributed by atoms with Gasteiger partial charge in [-0.15, -0.1) is 11.3 Å². The maximum absolute atomic E-state index is 4.20. The zero-order valence-corrected chi connectivity index (χ0v) is 8.56. The molecule has 2 heteroatoms. The molecular weight excluding hydrogens is 178 g/mol. The number of fused-ring (bicyclic) bond motifs is 1. The highest BCUT2D eigenvalue weighted by Gasteiger charge is 2.04. The van der Waals surface area contributed by atoms with Crippen LogP contribution >= 0.6 is 11.3 Å². The number of benzene rings is 1. The Bertz CT molecular complexity index is 454. The first kappa shape index (κ1) is 8.45. The monoisotopic (exact) mass is 189 g/mol. The molecule has 0 aliphatic rings. The lowest BCUT2D eigenvalue weighted by Crippen LogP contribution is -1.91. The molecule has 0 radical (unpaired) electrons. The molecule has 0 bridgehead atoms. The predicted octanol–water partition coefficient (Wildman–Crippen LogP) is 3.34. The molecule has 0 atom stereocenters. The van der Waals surface area contributed by atoms with Crippen molar-refractivity contribution in [3.8, 4) is 0 Å². The second-order valence-electron chi connectivity index (χ2n) is 2.95. The van der Waals surface area contributed by atoms with Crippen LogP contribution in [0.25, 0.3) is 10.1 Å². The summed E-state index contributed by atoms with van der Waals surface area (Å²) in [6, 6.07) is 8.44. The van der Waals surface area contributed by atoms with Gasteiger partial charge in [0.15, 0.2) is 0 Å². The van der Waals surface area contributed by atoms with Crippen LogP contribution in [-0.2, 0) is 0 Å². The van der Waals surface area contributed by atoms with Gasteiger partial charge in [-0.3, -0.25) is 4.99 Å². The summed E-state index contributed by atoms with van der Waals surface area (Å²) in [5.41, 5.74) is 2.38. The van der Waals surface area contributed by atoms with E-state index in [1.54, 1.807) is 11.3 Å². The Labute approximate surface area is 81.7 Å². The topological polar surface area (TPSA) is 12.4 Å². The summed E-state index contributed by atoms with van der Waals surface area (Å²) < 4.78 is 1.33. The average Bonchev–Trinajstić information content (AvgIpc) is 2.60. The first-order valence-corrected chi connectivity index (χ1v) is 5.11. The van der Waals surface area contributed by atoms with Crippen LogP contribution in [0.15, 0.2) is 34.6 Å². The van der Waals surface area contributed by atoms with Crippen molar-refractivity contribution in [1.29, 1.82) is 0 Å². The van der Waals surface area contributed by atoms with E-state index in [-0.39, 0.29) is 0 Å². The highest BCUT2D eigenvalue weighted by Crippen LogP contribution is 2.25. The summed E-state index contributed by atoms with van der Waals surface area (Å²) >= 11 is 1.78. The number of thiophene rings is 1. The van der Waals surface area contributed by atoms with Crippen LogP contribution in [0.5, 0.6) is 0 Å². The molecule has 2 aromatic rings. The lowest BCUT2D eigenvalue weighted by atomic mass is 10.1. The van der Waals surface area contributed by atoms with E-state index < -0.39 is 0 Å². The van der Waals surface area contributed by atoms with Gasteiger partial charge in [0.05, 0.1) is 0 Å². The van der Waals surface area contributed by atoms with Crippen molar-refractivity contribution in [2.24, 2.45) is 4.99 Å². The highest BCUT2D eigenvalue weighted by atomic mass is 32.1. The van der Waals surface area contributed by atoms with Crippen molar-refractivity contribution in [2.75, 3.05) is 7.05 Å². The molecule has 66 valence electrons. The molecule has 13 heavy (non-hydrogen) atoms. The first-order valence-electron chi connectivity index (χ1n) is 4.23. The molecule has 2 rings (SSSR count). The number of hydrogen-bond donors (Lipinski definition) is 0. The van der Waals surface area contributed by atoms with Crippen LogP contribution in [0.2, 0.25) is 0 Å². The quantitative estimate of drug-likeness (QED) is 0.610. The SMILES string of the molecule is CN=C(C)c1csc2ccccc12. The van der Waals surface area contributed by atoms with E-state index in [0.717, 1.165) is 5.71 Å². The molecule has 1 nitrogen and oxygen atoms in total. The molecule has 0 saturated heterocycles. The zero-order valence-electron chi connectivity index (χ0n) is 7.74. The third kappa shape index (κ3) is 1.38. The Balaban J connectivity index is 2.71. The number of aliphatic imine (C=N–C) groups is 1. The van der Waals surface area contributed by atoms with Gasteiger partial charge >= 0.3 is 0 Å². The van der Waals surface area contributed by atoms with E-state index in [9.17, 15) is 0 Å². The molecule has 0 fully saturated rings. The molecule has 0 spiro atoms. The van der Waals surface area contributed by atoms with E-state index in [4.69, 9.17) is 0 Å². The maximum Gasteiger partial charge on any atom is 0.0400 e. The Morgan fingerprint density at radius 2 is 2.08 bits per heavy atom. The molecule has 1 heterocycles. The molecule has 0 unspecified atom stereocenters. The van der Waals surface area contributed by atoms with E-state index in [1.807, 2.05) is 7.05 Å². The van der Waals surface area contributed by atoms with Crippen molar-refractivity contribution in [1.82, 2.24) is 0 Å². The minimum absolute atomic E-state index is 1.11. The normalized spacial score (nSPS) is 12.3. The number of nitrogens with zero attached hydrogens (tertiary/aromatic N) is 1. The second-order valence-corrected chi connectivity index (χ2v) is 3.87. The Morgan fingerprint density at radius 3 is 2.85 bits per heavy atom. The predicted molar refractivity (Wildman–Crippen MR) is 60.0 cm³/mol. The van der Waals surface area contributed by atoms with Crippen LogP contribution in [0.3, 0.4) is 0 Å². The lowest BCUT2D eigenvalue weighted by Gasteiger charge is -1.95. The van der Waals surface area contributed by atoms with Crippen molar-refractivity contribution >= 4 is 27.1 Å². The summed E-state index contributed by atoms with van der Waals surface area (Å²) in [5.74, 6) is 0. The van der Waals surface area contributed by atoms with Gasteiger partial charge < -0.3 is 0 Å². The van der Waals surface area contributed by atoms with Gasteiger partial charge in [0.25, 0.3) is 0 Å². The van der Waals surface area contributed by atoms with Crippen molar-refractivity contribution in [3.05, 3.63) is 35.2 Å². The van der Waals surface area contributed by atoms with Gasteiger partial charge in [0, 0.05) is 33.8 Å². The molecule has 1 aromatic carbocycles. The Hall–Kier alpha value is -1.15. The van der Waals surface area contributed by atoms with Crippen LogP contribution in [0.1, 0.15) is 12.5 Å². The smallest absolute Gasteiger partial charge is 0.0400 e. The fraction of sp³-hybridized carbons (Fsp3) is 0.182. The van der Waals surface area contributed by atoms with Crippen LogP contribution in [-0.4, -0.2) is 12.8 Å². The van der Waals surface area contributed by atoms with Gasteiger partial charge in [0.2, 0.25) is 0 Å². The molecule has 0 aliphatic carbocycles. The van der Waals surface area contributed by atoms with Gasteiger partial charge in [-0.05, 0) is 13.0 Å². The van der Waals surface area contributed by atoms with Crippen molar-refractivity contribution in [3.63, 3.8) is 0 Å². The summed E-state index contributed by atoms with van der Waals surface area (Å²) in [7, 11) is 1.84. The molecule has 1 aromatic heterocycles. The summed E-state index contributed by atoms with van der Waals surface area (Å²) in [6.07, 6.45) is 0. The highest BCUT2D eigenvalue weighted by molar-refractivity contribution is 7.17. The number of rotatable bonds is 1. The second kappa shape index (κ2) is 3.30. The summed E-state index contributed by atoms with van der Waals surface area (Å²) in [5, 5.41) is 3.49. The van der Waals surface area contributed by atoms with Gasteiger partial charge in [-0.1, -0.05) is 18.2 Å². The van der Waals surface area contributed by atoms with E-state index in [2.05, 4.69) is 41.6 Å². The van der Waals surface area contributed by atoms with Gasteiger partial charge in [-0.2, -0.15) is 0 Å². The van der Waals surface area contributed by atoms with E-state index in [1.165, 1.54) is 15.6 Å². The fourth-order valence-corrected chi connectivity index (χ4v) is 2.38. The summed E-state index contributed by atoms with van der Waals surface area (Å²) in [6.45, 7) is 2.05. The Morgan fingerprint density at radius 1 is 1.31 bits per heavy atom. The number of hydrogen-bond acceptors (Lipinski definition) is 2. The van der Waals surface area contributed by atoms with Gasteiger partial charge in [-0.25, -0.2) is 0 Å². The maximum atomic E-state index is 4.20. The van der Waals surface area contributed by atoms with Gasteiger partial charge in [0.1, 0.15) is 0 Å². The molecule has 0 aliphatic heterocycles. The summed E-state index contributed by atoms with van der Waals surface area (Å²) in [4.78, 5) is 4.20. The lowest BCUT2D eigenvalue weighted by molar-refractivity contribution is 1.42. The van der Waals surface area contributed by atoms with Crippen LogP contribution in [0, 0.1) is 0 Å². The third-order valence-electron chi connectivity index (χ3n) is 2.21. The Kier molecular flexibility index (Phi) is 2.15.